The zero-order valence-corrected chi connectivity index (χ0v) is 18.0. The molecular weight excluding hydrogens is 425 g/mol. The molecule has 5 heteroatoms. The largest absolute Gasteiger partial charge is 0.377 e. The van der Waals surface area contributed by atoms with Gasteiger partial charge in [0.05, 0.1) is 19.8 Å². The summed E-state index contributed by atoms with van der Waals surface area (Å²) in [7, 11) is 0. The summed E-state index contributed by atoms with van der Waals surface area (Å²) >= 11 is 0. The number of hydrogen-bond acceptors (Lipinski definition) is 2. The van der Waals surface area contributed by atoms with E-state index in [-0.39, 0.29) is 29.4 Å². The predicted molar refractivity (Wildman–Crippen MR) is 117 cm³/mol. The number of ether oxygens (including phenoxy) is 1. The highest BCUT2D eigenvalue weighted by atomic mass is 127. The Morgan fingerprint density at radius 3 is 2.60 bits per heavy atom. The first-order valence-corrected chi connectivity index (χ1v) is 8.95. The quantitative estimate of drug-likeness (QED) is 0.283. The van der Waals surface area contributed by atoms with Gasteiger partial charge in [0.1, 0.15) is 0 Å². The zero-order valence-electron chi connectivity index (χ0n) is 15.7. The number of halogens is 1. The lowest BCUT2D eigenvalue weighted by Crippen LogP contribution is -2.39. The Morgan fingerprint density at radius 1 is 1.20 bits per heavy atom. The van der Waals surface area contributed by atoms with Gasteiger partial charge in [-0.05, 0) is 25.3 Å². The molecule has 0 bridgehead atoms. The second-order valence-electron chi connectivity index (χ2n) is 6.81. The van der Waals surface area contributed by atoms with Crippen LogP contribution in [0.2, 0.25) is 0 Å². The summed E-state index contributed by atoms with van der Waals surface area (Å²) in [6.45, 7) is 10.7. The van der Waals surface area contributed by atoms with Crippen LogP contribution in [0.15, 0.2) is 47.0 Å². The first kappa shape index (κ1) is 22.0. The van der Waals surface area contributed by atoms with E-state index in [9.17, 15) is 0 Å². The average Bonchev–Trinajstić information content (AvgIpc) is 2.61. The molecule has 1 aliphatic rings. The summed E-state index contributed by atoms with van der Waals surface area (Å²) in [6.07, 6.45) is 4.31. The van der Waals surface area contributed by atoms with Crippen LogP contribution >= 0.6 is 24.0 Å². The van der Waals surface area contributed by atoms with E-state index in [4.69, 9.17) is 9.73 Å². The summed E-state index contributed by atoms with van der Waals surface area (Å²) in [4.78, 5) is 4.79. The van der Waals surface area contributed by atoms with Crippen molar-refractivity contribution >= 4 is 29.9 Å². The summed E-state index contributed by atoms with van der Waals surface area (Å²) in [5.74, 6) is 0.897. The van der Waals surface area contributed by atoms with Crippen LogP contribution in [-0.2, 0) is 10.2 Å². The molecular formula is C20H32IN3O. The summed E-state index contributed by atoms with van der Waals surface area (Å²) < 4.78 is 5.35. The zero-order chi connectivity index (χ0) is 17.3. The lowest BCUT2D eigenvalue weighted by molar-refractivity contribution is 0.153. The molecule has 2 rings (SSSR count). The van der Waals surface area contributed by atoms with Gasteiger partial charge in [0.25, 0.3) is 0 Å². The number of rotatable bonds is 7. The summed E-state index contributed by atoms with van der Waals surface area (Å²) in [5.41, 5.74) is 2.82. The number of nitrogens with zero attached hydrogens (tertiary/aromatic N) is 1. The lowest BCUT2D eigenvalue weighted by Gasteiger charge is -2.24. The third-order valence-corrected chi connectivity index (χ3v) is 4.33. The molecule has 140 valence electrons. The molecule has 0 unspecified atom stereocenters. The second kappa shape index (κ2) is 11.5. The average molecular weight is 457 g/mol. The first-order valence-electron chi connectivity index (χ1n) is 8.95. The van der Waals surface area contributed by atoms with Gasteiger partial charge in [0.2, 0.25) is 0 Å². The van der Waals surface area contributed by atoms with Crippen LogP contribution in [0, 0.1) is 0 Å². The van der Waals surface area contributed by atoms with Crippen molar-refractivity contribution in [2.75, 3.05) is 32.8 Å². The van der Waals surface area contributed by atoms with E-state index in [0.29, 0.717) is 0 Å². The Kier molecular flexibility index (Phi) is 10.1. The van der Waals surface area contributed by atoms with Crippen molar-refractivity contribution in [2.45, 2.75) is 39.0 Å². The normalized spacial score (nSPS) is 15.2. The van der Waals surface area contributed by atoms with Crippen molar-refractivity contribution in [1.29, 1.82) is 0 Å². The molecule has 1 aromatic rings. The molecule has 0 aliphatic carbocycles. The number of hydrogen-bond donors (Lipinski definition) is 2. The molecule has 1 heterocycles. The van der Waals surface area contributed by atoms with Crippen molar-refractivity contribution < 1.29 is 4.74 Å². The fourth-order valence-electron chi connectivity index (χ4n) is 2.73. The topological polar surface area (TPSA) is 45.7 Å². The Hall–Kier alpha value is -1.08. The van der Waals surface area contributed by atoms with E-state index in [1.165, 1.54) is 11.1 Å². The van der Waals surface area contributed by atoms with E-state index < -0.39 is 0 Å². The van der Waals surface area contributed by atoms with Gasteiger partial charge in [-0.25, -0.2) is 0 Å². The molecule has 0 spiro atoms. The van der Waals surface area contributed by atoms with Crippen molar-refractivity contribution in [3.05, 3.63) is 47.5 Å². The van der Waals surface area contributed by atoms with E-state index in [0.717, 1.165) is 51.6 Å². The monoisotopic (exact) mass is 457 g/mol. The third kappa shape index (κ3) is 7.77. The molecule has 0 fully saturated rings. The van der Waals surface area contributed by atoms with Crippen molar-refractivity contribution in [3.8, 4) is 0 Å². The Morgan fingerprint density at radius 2 is 1.96 bits per heavy atom. The Balaban J connectivity index is 0.00000312. The van der Waals surface area contributed by atoms with Gasteiger partial charge in [-0.15, -0.1) is 24.0 Å². The molecule has 0 atom stereocenters. The SMILES string of the molecule is CCNC(=NCC(C)(C)c1ccccc1)NCCC1=CCOCC1.I. The number of nitrogens with one attached hydrogen (secondary N) is 2. The Bertz CT molecular complexity index is 555. The van der Waals surface area contributed by atoms with E-state index in [2.05, 4.69) is 67.8 Å². The lowest BCUT2D eigenvalue weighted by atomic mass is 9.85. The highest BCUT2D eigenvalue weighted by Crippen LogP contribution is 2.22. The minimum atomic E-state index is 0. The van der Waals surface area contributed by atoms with Crippen molar-refractivity contribution in [3.63, 3.8) is 0 Å². The van der Waals surface area contributed by atoms with Crippen LogP contribution in [-0.4, -0.2) is 38.8 Å². The molecule has 25 heavy (non-hydrogen) atoms. The smallest absolute Gasteiger partial charge is 0.191 e. The predicted octanol–water partition coefficient (Wildman–Crippen LogP) is 3.87. The van der Waals surface area contributed by atoms with Crippen LogP contribution in [0.4, 0.5) is 0 Å². The molecule has 1 aliphatic heterocycles. The van der Waals surface area contributed by atoms with Crippen LogP contribution in [0.25, 0.3) is 0 Å². The van der Waals surface area contributed by atoms with Crippen LogP contribution in [0.1, 0.15) is 39.2 Å². The number of aliphatic imine (C=N–C) groups is 1. The first-order chi connectivity index (χ1) is 11.6. The minimum Gasteiger partial charge on any atom is -0.377 e. The standard InChI is InChI=1S/C20H31N3O.HI/c1-4-21-19(22-13-10-17-11-14-24-15-12-17)23-16-20(2,3)18-8-6-5-7-9-18;/h5-9,11H,4,10,12-16H2,1-3H3,(H2,21,22,23);1H. The van der Waals surface area contributed by atoms with Gasteiger partial charge < -0.3 is 15.4 Å². The van der Waals surface area contributed by atoms with Crippen molar-refractivity contribution in [2.24, 2.45) is 4.99 Å². The molecule has 0 radical (unpaired) electrons. The highest BCUT2D eigenvalue weighted by molar-refractivity contribution is 14.0. The molecule has 0 aromatic heterocycles. The summed E-state index contributed by atoms with van der Waals surface area (Å²) in [5, 5.41) is 6.79. The second-order valence-corrected chi connectivity index (χ2v) is 6.81. The molecule has 0 saturated carbocycles. The summed E-state index contributed by atoms with van der Waals surface area (Å²) in [6, 6.07) is 10.6. The maximum Gasteiger partial charge on any atom is 0.191 e. The van der Waals surface area contributed by atoms with Gasteiger partial charge in [0.15, 0.2) is 5.96 Å². The molecule has 0 amide bonds. The molecule has 0 saturated heterocycles. The molecule has 2 N–H and O–H groups in total. The maximum absolute atomic E-state index is 5.35. The van der Waals surface area contributed by atoms with Crippen LogP contribution < -0.4 is 10.6 Å². The third-order valence-electron chi connectivity index (χ3n) is 4.33. The number of benzene rings is 1. The maximum atomic E-state index is 5.35. The van der Waals surface area contributed by atoms with Crippen molar-refractivity contribution in [1.82, 2.24) is 10.6 Å². The molecule has 1 aromatic carbocycles. The van der Waals surface area contributed by atoms with E-state index in [1.807, 2.05) is 0 Å². The van der Waals surface area contributed by atoms with Gasteiger partial charge in [-0.3, -0.25) is 4.99 Å². The van der Waals surface area contributed by atoms with Gasteiger partial charge in [-0.2, -0.15) is 0 Å². The fraction of sp³-hybridized carbons (Fsp3) is 0.550. The van der Waals surface area contributed by atoms with Crippen LogP contribution in [0.5, 0.6) is 0 Å². The number of guanidine groups is 1. The van der Waals surface area contributed by atoms with Crippen LogP contribution in [0.3, 0.4) is 0 Å². The van der Waals surface area contributed by atoms with Gasteiger partial charge >= 0.3 is 0 Å². The highest BCUT2D eigenvalue weighted by Gasteiger charge is 2.20. The fourth-order valence-corrected chi connectivity index (χ4v) is 2.73. The van der Waals surface area contributed by atoms with E-state index in [1.54, 1.807) is 0 Å². The van der Waals surface area contributed by atoms with E-state index >= 15 is 0 Å². The molecule has 4 nitrogen and oxygen atoms in total. The minimum absolute atomic E-state index is 0. The van der Waals surface area contributed by atoms with Gasteiger partial charge in [-0.1, -0.05) is 55.8 Å². The Labute approximate surface area is 169 Å². The van der Waals surface area contributed by atoms with Gasteiger partial charge in [0, 0.05) is 18.5 Å².